The maximum absolute atomic E-state index is 11.6. The Morgan fingerprint density at radius 3 is 2.64 bits per heavy atom. The van der Waals surface area contributed by atoms with Crippen molar-refractivity contribution in [1.29, 1.82) is 0 Å². The lowest BCUT2D eigenvalue weighted by molar-refractivity contribution is -0.121. The number of likely N-dealkylation sites (tertiary alicyclic amines) is 1. The molecule has 1 aliphatic heterocycles. The molecule has 82 valence electrons. The van der Waals surface area contributed by atoms with Crippen LogP contribution in [0.4, 0.5) is 0 Å². The van der Waals surface area contributed by atoms with Crippen molar-refractivity contribution in [3.05, 3.63) is 0 Å². The van der Waals surface area contributed by atoms with Crippen molar-refractivity contribution in [2.75, 3.05) is 20.1 Å². The van der Waals surface area contributed by atoms with Crippen LogP contribution in [-0.4, -0.2) is 41.8 Å². The summed E-state index contributed by atoms with van der Waals surface area (Å²) in [5, 5.41) is 3.08. The first-order valence-corrected chi connectivity index (χ1v) is 6.18. The van der Waals surface area contributed by atoms with E-state index in [4.69, 9.17) is 0 Å². The lowest BCUT2D eigenvalue weighted by atomic mass is 10.1. The van der Waals surface area contributed by atoms with Gasteiger partial charge in [-0.1, -0.05) is 22.9 Å². The van der Waals surface area contributed by atoms with Gasteiger partial charge in [0, 0.05) is 6.04 Å². The minimum Gasteiger partial charge on any atom is -0.352 e. The van der Waals surface area contributed by atoms with Gasteiger partial charge in [-0.05, 0) is 39.4 Å². The van der Waals surface area contributed by atoms with E-state index < -0.39 is 0 Å². The number of nitrogens with one attached hydrogen (secondary N) is 1. The molecule has 1 amide bonds. The van der Waals surface area contributed by atoms with E-state index in [0.29, 0.717) is 6.04 Å². The Hall–Kier alpha value is -0.0900. The maximum Gasteiger partial charge on any atom is 0.233 e. The first-order chi connectivity index (χ1) is 6.63. The maximum atomic E-state index is 11.6. The highest BCUT2D eigenvalue weighted by Crippen LogP contribution is 2.10. The molecule has 1 N–H and O–H groups in total. The van der Waals surface area contributed by atoms with Crippen molar-refractivity contribution in [1.82, 2.24) is 10.2 Å². The standard InChI is InChI=1S/C10H19BrN2O/c1-3-9(11)10(14)12-8-4-6-13(2)7-5-8/h8-9H,3-7H2,1-2H3,(H,12,14). The van der Waals surface area contributed by atoms with Crippen LogP contribution in [0.1, 0.15) is 26.2 Å². The van der Waals surface area contributed by atoms with Crippen molar-refractivity contribution in [2.45, 2.75) is 37.1 Å². The fourth-order valence-corrected chi connectivity index (χ4v) is 1.76. The summed E-state index contributed by atoms with van der Waals surface area (Å²) in [6.07, 6.45) is 3.00. The molecule has 14 heavy (non-hydrogen) atoms. The molecule has 4 heteroatoms. The van der Waals surface area contributed by atoms with E-state index >= 15 is 0 Å². The van der Waals surface area contributed by atoms with E-state index in [1.54, 1.807) is 0 Å². The second-order valence-electron chi connectivity index (χ2n) is 3.96. The third kappa shape index (κ3) is 3.58. The Kier molecular flexibility index (Phi) is 4.89. The van der Waals surface area contributed by atoms with Crippen LogP contribution >= 0.6 is 15.9 Å². The van der Waals surface area contributed by atoms with Gasteiger partial charge in [0.1, 0.15) is 0 Å². The summed E-state index contributed by atoms with van der Waals surface area (Å²) in [7, 11) is 2.12. The third-order valence-corrected chi connectivity index (χ3v) is 3.77. The summed E-state index contributed by atoms with van der Waals surface area (Å²) in [4.78, 5) is 13.8. The lowest BCUT2D eigenvalue weighted by Crippen LogP contribution is -2.45. The molecule has 1 fully saturated rings. The van der Waals surface area contributed by atoms with Crippen LogP contribution in [-0.2, 0) is 4.79 Å². The monoisotopic (exact) mass is 262 g/mol. The molecule has 1 saturated heterocycles. The summed E-state index contributed by atoms with van der Waals surface area (Å²) in [6.45, 7) is 4.18. The number of nitrogens with zero attached hydrogens (tertiary/aromatic N) is 1. The normalized spacial score (nSPS) is 21.9. The van der Waals surface area contributed by atoms with Gasteiger partial charge in [0.2, 0.25) is 5.91 Å². The predicted octanol–water partition coefficient (Wildman–Crippen LogP) is 1.37. The molecule has 0 aliphatic carbocycles. The highest BCUT2D eigenvalue weighted by atomic mass is 79.9. The van der Waals surface area contributed by atoms with Gasteiger partial charge in [-0.2, -0.15) is 0 Å². The topological polar surface area (TPSA) is 32.3 Å². The first kappa shape index (κ1) is 12.0. The summed E-state index contributed by atoms with van der Waals surface area (Å²) in [5.74, 6) is 0.141. The number of carbonyl (C=O) groups is 1. The van der Waals surface area contributed by atoms with E-state index in [-0.39, 0.29) is 10.7 Å². The molecule has 0 aromatic heterocycles. The summed E-state index contributed by atoms with van der Waals surface area (Å²) in [6, 6.07) is 0.380. The predicted molar refractivity (Wildman–Crippen MR) is 61.7 cm³/mol. The van der Waals surface area contributed by atoms with Gasteiger partial charge in [-0.25, -0.2) is 0 Å². The second kappa shape index (κ2) is 5.71. The van der Waals surface area contributed by atoms with Crippen molar-refractivity contribution >= 4 is 21.8 Å². The first-order valence-electron chi connectivity index (χ1n) is 5.26. The van der Waals surface area contributed by atoms with Gasteiger partial charge in [0.05, 0.1) is 4.83 Å². The zero-order valence-corrected chi connectivity index (χ0v) is 10.5. The highest BCUT2D eigenvalue weighted by molar-refractivity contribution is 9.10. The van der Waals surface area contributed by atoms with Gasteiger partial charge in [-0.15, -0.1) is 0 Å². The van der Waals surface area contributed by atoms with Crippen molar-refractivity contribution in [3.8, 4) is 0 Å². The Morgan fingerprint density at radius 2 is 2.14 bits per heavy atom. The molecule has 1 unspecified atom stereocenters. The summed E-state index contributed by atoms with van der Waals surface area (Å²) in [5.41, 5.74) is 0. The Balaban J connectivity index is 2.27. The highest BCUT2D eigenvalue weighted by Gasteiger charge is 2.20. The van der Waals surface area contributed by atoms with Crippen molar-refractivity contribution in [3.63, 3.8) is 0 Å². The molecule has 0 aromatic rings. The number of alkyl halides is 1. The SMILES string of the molecule is CCC(Br)C(=O)NC1CCN(C)CC1. The molecule has 1 atom stereocenters. The number of carbonyl (C=O) groups excluding carboxylic acids is 1. The third-order valence-electron chi connectivity index (χ3n) is 2.71. The molecule has 1 aliphatic rings. The van der Waals surface area contributed by atoms with E-state index in [2.05, 4.69) is 33.2 Å². The molecule has 3 nitrogen and oxygen atoms in total. The van der Waals surface area contributed by atoms with Gasteiger partial charge < -0.3 is 10.2 Å². The van der Waals surface area contributed by atoms with E-state index in [9.17, 15) is 4.79 Å². The number of piperidine rings is 1. The smallest absolute Gasteiger partial charge is 0.233 e. The van der Waals surface area contributed by atoms with E-state index in [0.717, 1.165) is 32.4 Å². The largest absolute Gasteiger partial charge is 0.352 e. The van der Waals surface area contributed by atoms with Gasteiger partial charge in [0.25, 0.3) is 0 Å². The molecule has 1 rings (SSSR count). The van der Waals surface area contributed by atoms with E-state index in [1.807, 2.05) is 6.92 Å². The van der Waals surface area contributed by atoms with Crippen LogP contribution < -0.4 is 5.32 Å². The molecule has 0 saturated carbocycles. The molecular weight excluding hydrogens is 244 g/mol. The quantitative estimate of drug-likeness (QED) is 0.780. The Morgan fingerprint density at radius 1 is 1.57 bits per heavy atom. The zero-order valence-electron chi connectivity index (χ0n) is 8.92. The van der Waals surface area contributed by atoms with E-state index in [1.165, 1.54) is 0 Å². The Bertz CT molecular complexity index is 191. The zero-order chi connectivity index (χ0) is 10.6. The van der Waals surface area contributed by atoms with Gasteiger partial charge >= 0.3 is 0 Å². The number of halogens is 1. The second-order valence-corrected chi connectivity index (χ2v) is 5.07. The molecule has 0 spiro atoms. The van der Waals surface area contributed by atoms with Crippen molar-refractivity contribution < 1.29 is 4.79 Å². The molecule has 0 radical (unpaired) electrons. The van der Waals surface area contributed by atoms with Crippen LogP contribution in [0.25, 0.3) is 0 Å². The number of hydrogen-bond acceptors (Lipinski definition) is 2. The number of hydrogen-bond donors (Lipinski definition) is 1. The van der Waals surface area contributed by atoms with Crippen LogP contribution in [0.3, 0.4) is 0 Å². The molecule has 0 aromatic carbocycles. The minimum absolute atomic E-state index is 0.0258. The number of amides is 1. The number of rotatable bonds is 3. The lowest BCUT2D eigenvalue weighted by Gasteiger charge is -2.29. The molecular formula is C10H19BrN2O. The van der Waals surface area contributed by atoms with Crippen LogP contribution in [0.15, 0.2) is 0 Å². The molecule has 1 heterocycles. The fourth-order valence-electron chi connectivity index (χ4n) is 1.63. The van der Waals surface area contributed by atoms with Gasteiger partial charge in [0.15, 0.2) is 0 Å². The average Bonchev–Trinajstić information content (AvgIpc) is 2.20. The van der Waals surface area contributed by atoms with Crippen LogP contribution in [0, 0.1) is 0 Å². The summed E-state index contributed by atoms with van der Waals surface area (Å²) >= 11 is 3.36. The van der Waals surface area contributed by atoms with Crippen LogP contribution in [0.5, 0.6) is 0 Å². The fraction of sp³-hybridized carbons (Fsp3) is 0.900. The minimum atomic E-state index is -0.0258. The van der Waals surface area contributed by atoms with Crippen LogP contribution in [0.2, 0.25) is 0 Å². The van der Waals surface area contributed by atoms with Crippen molar-refractivity contribution in [2.24, 2.45) is 0 Å². The summed E-state index contributed by atoms with van der Waals surface area (Å²) < 4.78 is 0. The average molecular weight is 263 g/mol. The van der Waals surface area contributed by atoms with Gasteiger partial charge in [-0.3, -0.25) is 4.79 Å². The Labute approximate surface area is 94.4 Å². The molecule has 0 bridgehead atoms.